The molecule has 8 nitrogen and oxygen atoms in total. The standard InChI is InChI=1S/C13H17N3O2.C8H5N3/c1-13(2,3)18-12(17)15-9-10-5-4-6-11-14-7-8-16(10)11;9-6-7-2-1-3-8-10-4-5-11(7)8/h4-8H,9H2,1-3H3,(H,15,17);1-5H. The lowest BCUT2D eigenvalue weighted by atomic mass is 10.2. The number of nitrogens with one attached hydrogen (secondary N) is 1. The van der Waals surface area contributed by atoms with Crippen molar-refractivity contribution in [3.05, 3.63) is 72.6 Å². The number of carbonyl (C=O) groups is 1. The van der Waals surface area contributed by atoms with Crippen molar-refractivity contribution in [2.24, 2.45) is 0 Å². The van der Waals surface area contributed by atoms with Gasteiger partial charge in [-0.1, -0.05) is 12.1 Å². The first-order chi connectivity index (χ1) is 13.9. The fourth-order valence-corrected chi connectivity index (χ4v) is 2.67. The average molecular weight is 390 g/mol. The van der Waals surface area contributed by atoms with Crippen LogP contribution in [0.1, 0.15) is 32.2 Å². The third kappa shape index (κ3) is 5.11. The molecule has 1 amide bonds. The topological polar surface area (TPSA) is 96.7 Å². The minimum atomic E-state index is -0.481. The lowest BCUT2D eigenvalue weighted by molar-refractivity contribution is 0.0522. The second-order valence-electron chi connectivity index (χ2n) is 7.21. The summed E-state index contributed by atoms with van der Waals surface area (Å²) in [5.41, 5.74) is 2.75. The molecule has 29 heavy (non-hydrogen) atoms. The van der Waals surface area contributed by atoms with Crippen LogP contribution in [0.2, 0.25) is 0 Å². The maximum absolute atomic E-state index is 11.5. The molecule has 0 saturated carbocycles. The van der Waals surface area contributed by atoms with E-state index in [2.05, 4.69) is 21.4 Å². The van der Waals surface area contributed by atoms with Gasteiger partial charge < -0.3 is 14.5 Å². The highest BCUT2D eigenvalue weighted by atomic mass is 16.6. The van der Waals surface area contributed by atoms with E-state index in [4.69, 9.17) is 10.00 Å². The Morgan fingerprint density at radius 3 is 2.34 bits per heavy atom. The van der Waals surface area contributed by atoms with Crippen molar-refractivity contribution < 1.29 is 9.53 Å². The molecule has 0 spiro atoms. The minimum absolute atomic E-state index is 0.405. The maximum Gasteiger partial charge on any atom is 0.407 e. The van der Waals surface area contributed by atoms with Gasteiger partial charge in [0.2, 0.25) is 0 Å². The third-order valence-electron chi connectivity index (χ3n) is 3.87. The number of hydrogen-bond acceptors (Lipinski definition) is 5. The van der Waals surface area contributed by atoms with Gasteiger partial charge in [0, 0.05) is 30.5 Å². The third-order valence-corrected chi connectivity index (χ3v) is 3.87. The van der Waals surface area contributed by atoms with Crippen LogP contribution in [0.15, 0.2) is 61.2 Å². The van der Waals surface area contributed by atoms with Crippen LogP contribution in [0.25, 0.3) is 11.3 Å². The zero-order valence-corrected chi connectivity index (χ0v) is 16.5. The number of hydrogen-bond donors (Lipinski definition) is 1. The van der Waals surface area contributed by atoms with Gasteiger partial charge in [-0.05, 0) is 45.0 Å². The van der Waals surface area contributed by atoms with E-state index in [1.807, 2.05) is 61.7 Å². The van der Waals surface area contributed by atoms with Gasteiger partial charge in [0.1, 0.15) is 28.7 Å². The average Bonchev–Trinajstić information content (AvgIpc) is 3.34. The number of nitrogens with zero attached hydrogens (tertiary/aromatic N) is 5. The highest BCUT2D eigenvalue weighted by Gasteiger charge is 2.15. The van der Waals surface area contributed by atoms with Crippen molar-refractivity contribution in [2.75, 3.05) is 0 Å². The Hall–Kier alpha value is -3.86. The molecule has 8 heteroatoms. The molecular formula is C21H22N6O2. The van der Waals surface area contributed by atoms with Crippen molar-refractivity contribution in [3.8, 4) is 6.07 Å². The van der Waals surface area contributed by atoms with Crippen LogP contribution >= 0.6 is 0 Å². The molecule has 4 aromatic heterocycles. The molecule has 4 aromatic rings. The number of fused-ring (bicyclic) bond motifs is 2. The Labute approximate surface area is 168 Å². The van der Waals surface area contributed by atoms with Crippen molar-refractivity contribution in [2.45, 2.75) is 32.9 Å². The van der Waals surface area contributed by atoms with Crippen molar-refractivity contribution in [1.29, 1.82) is 5.26 Å². The zero-order valence-electron chi connectivity index (χ0n) is 16.5. The molecule has 4 rings (SSSR count). The number of amides is 1. The lowest BCUT2D eigenvalue weighted by Gasteiger charge is -2.19. The first-order valence-corrected chi connectivity index (χ1v) is 9.07. The van der Waals surface area contributed by atoms with Crippen molar-refractivity contribution >= 4 is 17.4 Å². The molecule has 0 aliphatic carbocycles. The highest BCUT2D eigenvalue weighted by molar-refractivity contribution is 5.67. The van der Waals surface area contributed by atoms with E-state index in [9.17, 15) is 4.79 Å². The number of rotatable bonds is 2. The van der Waals surface area contributed by atoms with Crippen LogP contribution in [0.5, 0.6) is 0 Å². The second-order valence-corrected chi connectivity index (χ2v) is 7.21. The Morgan fingerprint density at radius 2 is 1.69 bits per heavy atom. The van der Waals surface area contributed by atoms with Gasteiger partial charge in [-0.15, -0.1) is 0 Å². The van der Waals surface area contributed by atoms with E-state index < -0.39 is 11.7 Å². The van der Waals surface area contributed by atoms with Gasteiger partial charge >= 0.3 is 6.09 Å². The van der Waals surface area contributed by atoms with Crippen molar-refractivity contribution in [3.63, 3.8) is 0 Å². The van der Waals surface area contributed by atoms with Crippen molar-refractivity contribution in [1.82, 2.24) is 24.1 Å². The normalized spacial score (nSPS) is 10.8. The first kappa shape index (κ1) is 19.9. The van der Waals surface area contributed by atoms with E-state index in [1.54, 1.807) is 29.1 Å². The maximum atomic E-state index is 11.5. The fraction of sp³-hybridized carbons (Fsp3) is 0.238. The lowest BCUT2D eigenvalue weighted by Crippen LogP contribution is -2.32. The molecule has 0 aromatic carbocycles. The quantitative estimate of drug-likeness (QED) is 0.564. The summed E-state index contributed by atoms with van der Waals surface area (Å²) in [5, 5.41) is 11.4. The Kier molecular flexibility index (Phi) is 5.79. The molecule has 0 aliphatic rings. The van der Waals surface area contributed by atoms with Crippen LogP contribution in [0.3, 0.4) is 0 Å². The summed E-state index contributed by atoms with van der Waals surface area (Å²) in [4.78, 5) is 19.8. The van der Waals surface area contributed by atoms with Crippen LogP contribution in [-0.2, 0) is 11.3 Å². The minimum Gasteiger partial charge on any atom is -0.444 e. The van der Waals surface area contributed by atoms with Gasteiger partial charge in [0.25, 0.3) is 0 Å². The number of ether oxygens (including phenoxy) is 1. The van der Waals surface area contributed by atoms with Gasteiger partial charge in [-0.2, -0.15) is 5.26 Å². The first-order valence-electron chi connectivity index (χ1n) is 9.07. The highest BCUT2D eigenvalue weighted by Crippen LogP contribution is 2.08. The molecule has 0 unspecified atom stereocenters. The number of imidazole rings is 2. The Morgan fingerprint density at radius 1 is 1.07 bits per heavy atom. The summed E-state index contributed by atoms with van der Waals surface area (Å²) in [5.74, 6) is 0. The smallest absolute Gasteiger partial charge is 0.407 e. The Balaban J connectivity index is 0.000000186. The van der Waals surface area contributed by atoms with E-state index in [1.165, 1.54) is 0 Å². The van der Waals surface area contributed by atoms with E-state index >= 15 is 0 Å². The predicted octanol–water partition coefficient (Wildman–Crippen LogP) is 3.56. The predicted molar refractivity (Wildman–Crippen MR) is 108 cm³/mol. The van der Waals surface area contributed by atoms with Crippen LogP contribution in [-0.4, -0.2) is 30.5 Å². The Bertz CT molecular complexity index is 1160. The van der Waals surface area contributed by atoms with Crippen LogP contribution in [0.4, 0.5) is 4.79 Å². The molecule has 0 atom stereocenters. The molecule has 0 saturated heterocycles. The van der Waals surface area contributed by atoms with Gasteiger partial charge in [-0.3, -0.25) is 4.40 Å². The monoisotopic (exact) mass is 390 g/mol. The summed E-state index contributed by atoms with van der Waals surface area (Å²) < 4.78 is 8.86. The number of alkyl carbamates (subject to hydrolysis) is 1. The molecule has 148 valence electrons. The molecule has 4 heterocycles. The fourth-order valence-electron chi connectivity index (χ4n) is 2.67. The van der Waals surface area contributed by atoms with E-state index in [-0.39, 0.29) is 0 Å². The molecule has 0 fully saturated rings. The number of nitriles is 1. The second kappa shape index (κ2) is 8.44. The SMILES string of the molecule is CC(C)(C)OC(=O)NCc1cccc2nccn12.N#Cc1cccc2nccn12. The van der Waals surface area contributed by atoms with Gasteiger partial charge in [-0.25, -0.2) is 14.8 Å². The molecular weight excluding hydrogens is 368 g/mol. The molecule has 1 N–H and O–H groups in total. The van der Waals surface area contributed by atoms with E-state index in [0.29, 0.717) is 12.2 Å². The summed E-state index contributed by atoms with van der Waals surface area (Å²) in [6, 6.07) is 13.3. The zero-order chi connectivity index (χ0) is 20.9. The largest absolute Gasteiger partial charge is 0.444 e. The molecule has 0 radical (unpaired) electrons. The summed E-state index contributed by atoms with van der Waals surface area (Å²) >= 11 is 0. The van der Waals surface area contributed by atoms with Crippen LogP contribution < -0.4 is 5.32 Å². The van der Waals surface area contributed by atoms with E-state index in [0.717, 1.165) is 17.0 Å². The molecule has 0 aliphatic heterocycles. The van der Waals surface area contributed by atoms with Gasteiger partial charge in [0.15, 0.2) is 0 Å². The van der Waals surface area contributed by atoms with Crippen LogP contribution in [0, 0.1) is 11.3 Å². The summed E-state index contributed by atoms with van der Waals surface area (Å²) in [6.07, 6.45) is 6.62. The number of carbonyl (C=O) groups excluding carboxylic acids is 1. The molecule has 0 bridgehead atoms. The van der Waals surface area contributed by atoms with Gasteiger partial charge in [0.05, 0.1) is 6.54 Å². The summed E-state index contributed by atoms with van der Waals surface area (Å²) in [6.45, 7) is 5.91. The number of pyridine rings is 2. The number of aromatic nitrogens is 4. The summed E-state index contributed by atoms with van der Waals surface area (Å²) in [7, 11) is 0.